The predicted octanol–water partition coefficient (Wildman–Crippen LogP) is 2.45. The number of nitrogens with zero attached hydrogens (tertiary/aromatic N) is 2. The Morgan fingerprint density at radius 3 is 2.29 bits per heavy atom. The molecule has 0 heterocycles. The molecule has 0 aliphatic rings. The number of carbonyl (C=O) groups excluding carboxylic acids is 2. The van der Waals surface area contributed by atoms with E-state index >= 15 is 0 Å². The van der Waals surface area contributed by atoms with Crippen LogP contribution < -0.4 is 9.62 Å². The minimum absolute atomic E-state index is 0.0409. The molecule has 0 aliphatic carbocycles. The number of sulfonamides is 1. The Morgan fingerprint density at radius 2 is 1.77 bits per heavy atom. The highest BCUT2D eigenvalue weighted by Gasteiger charge is 2.31. The zero-order valence-electron chi connectivity index (χ0n) is 18.1. The van der Waals surface area contributed by atoms with Gasteiger partial charge in [-0.05, 0) is 37.1 Å². The van der Waals surface area contributed by atoms with Gasteiger partial charge in [-0.25, -0.2) is 12.8 Å². The van der Waals surface area contributed by atoms with E-state index in [1.807, 2.05) is 31.2 Å². The number of carbonyl (C=O) groups is 2. The maximum absolute atomic E-state index is 13.7. The second-order valence-corrected chi connectivity index (χ2v) is 9.20. The molecule has 2 aromatic carbocycles. The number of rotatable bonds is 9. The summed E-state index contributed by atoms with van der Waals surface area (Å²) in [5, 5.41) is 2.55. The monoisotopic (exact) mass is 449 g/mol. The lowest BCUT2D eigenvalue weighted by atomic mass is 10.1. The Morgan fingerprint density at radius 1 is 1.13 bits per heavy atom. The Bertz CT molecular complexity index is 1030. The van der Waals surface area contributed by atoms with Crippen LogP contribution in [0.25, 0.3) is 0 Å². The summed E-state index contributed by atoms with van der Waals surface area (Å²) in [6, 6.07) is 11.7. The van der Waals surface area contributed by atoms with Gasteiger partial charge in [0.1, 0.15) is 18.4 Å². The molecular formula is C22H28FN3O4S. The van der Waals surface area contributed by atoms with Gasteiger partial charge in [0.15, 0.2) is 0 Å². The summed E-state index contributed by atoms with van der Waals surface area (Å²) >= 11 is 0. The molecule has 1 N–H and O–H groups in total. The van der Waals surface area contributed by atoms with Gasteiger partial charge in [-0.3, -0.25) is 13.9 Å². The third-order valence-corrected chi connectivity index (χ3v) is 6.02. The molecule has 0 bridgehead atoms. The molecule has 0 saturated heterocycles. The lowest BCUT2D eigenvalue weighted by Crippen LogP contribution is -2.51. The van der Waals surface area contributed by atoms with Crippen LogP contribution in [0.2, 0.25) is 0 Å². The maximum atomic E-state index is 13.7. The summed E-state index contributed by atoms with van der Waals surface area (Å²) in [6.07, 6.45) is 1.29. The lowest BCUT2D eigenvalue weighted by molar-refractivity contribution is -0.140. The fourth-order valence-electron chi connectivity index (χ4n) is 3.22. The largest absolute Gasteiger partial charge is 0.357 e. The van der Waals surface area contributed by atoms with Gasteiger partial charge >= 0.3 is 0 Å². The molecular weight excluding hydrogens is 421 g/mol. The summed E-state index contributed by atoms with van der Waals surface area (Å²) in [6.45, 7) is 3.29. The first-order valence-corrected chi connectivity index (χ1v) is 11.7. The number of anilines is 1. The molecule has 0 spiro atoms. The summed E-state index contributed by atoms with van der Waals surface area (Å²) in [5.74, 6) is -1.53. The molecule has 168 valence electrons. The third kappa shape index (κ3) is 6.52. The Kier molecular flexibility index (Phi) is 8.15. The molecule has 0 aliphatic heterocycles. The summed E-state index contributed by atoms with van der Waals surface area (Å²) in [4.78, 5) is 27.1. The van der Waals surface area contributed by atoms with Crippen molar-refractivity contribution in [3.8, 4) is 0 Å². The van der Waals surface area contributed by atoms with Crippen LogP contribution in [0.4, 0.5) is 10.1 Å². The second-order valence-electron chi connectivity index (χ2n) is 7.30. The molecule has 1 atom stereocenters. The van der Waals surface area contributed by atoms with Crippen molar-refractivity contribution < 1.29 is 22.4 Å². The number of halogens is 1. The molecule has 31 heavy (non-hydrogen) atoms. The van der Waals surface area contributed by atoms with Gasteiger partial charge < -0.3 is 10.2 Å². The highest BCUT2D eigenvalue weighted by atomic mass is 32.2. The van der Waals surface area contributed by atoms with Crippen LogP contribution in [0, 0.1) is 12.7 Å². The second kappa shape index (κ2) is 10.4. The average Bonchev–Trinajstić information content (AvgIpc) is 2.72. The fraction of sp³-hybridized carbons (Fsp3) is 0.364. The van der Waals surface area contributed by atoms with E-state index in [0.29, 0.717) is 6.42 Å². The number of likely N-dealkylation sites (N-methyl/N-ethyl adjacent to an activating group) is 1. The van der Waals surface area contributed by atoms with E-state index in [9.17, 15) is 22.4 Å². The SMILES string of the molecule is CCC(C(=O)NC)N(Cc1ccc(C)cc1)C(=O)CN(c1cccc(F)c1)S(C)(=O)=O. The van der Waals surface area contributed by atoms with Gasteiger partial charge in [0.05, 0.1) is 11.9 Å². The van der Waals surface area contributed by atoms with Crippen molar-refractivity contribution in [2.75, 3.05) is 24.2 Å². The van der Waals surface area contributed by atoms with Crippen LogP contribution >= 0.6 is 0 Å². The van der Waals surface area contributed by atoms with Gasteiger partial charge in [-0.15, -0.1) is 0 Å². The smallest absolute Gasteiger partial charge is 0.244 e. The van der Waals surface area contributed by atoms with Crippen molar-refractivity contribution in [2.24, 2.45) is 0 Å². The first kappa shape index (κ1) is 24.3. The van der Waals surface area contributed by atoms with E-state index in [0.717, 1.165) is 27.8 Å². The molecule has 0 radical (unpaired) electrons. The van der Waals surface area contributed by atoms with E-state index in [1.54, 1.807) is 6.92 Å². The minimum atomic E-state index is -3.88. The molecule has 0 aromatic heterocycles. The van der Waals surface area contributed by atoms with Crippen molar-refractivity contribution >= 4 is 27.5 Å². The number of benzene rings is 2. The number of aryl methyl sites for hydroxylation is 1. The summed E-state index contributed by atoms with van der Waals surface area (Å²) in [7, 11) is -2.40. The van der Waals surface area contributed by atoms with Crippen LogP contribution in [0.1, 0.15) is 24.5 Å². The van der Waals surface area contributed by atoms with Crippen LogP contribution in [0.3, 0.4) is 0 Å². The van der Waals surface area contributed by atoms with Gasteiger partial charge in [-0.2, -0.15) is 0 Å². The maximum Gasteiger partial charge on any atom is 0.244 e. The molecule has 2 rings (SSSR count). The molecule has 2 aromatic rings. The van der Waals surface area contributed by atoms with E-state index < -0.39 is 34.3 Å². The minimum Gasteiger partial charge on any atom is -0.357 e. The third-order valence-electron chi connectivity index (χ3n) is 4.88. The van der Waals surface area contributed by atoms with Crippen molar-refractivity contribution in [1.29, 1.82) is 0 Å². The summed E-state index contributed by atoms with van der Waals surface area (Å²) < 4.78 is 39.3. The van der Waals surface area contributed by atoms with Crippen molar-refractivity contribution in [3.05, 3.63) is 65.5 Å². The highest BCUT2D eigenvalue weighted by molar-refractivity contribution is 7.92. The average molecular weight is 450 g/mol. The standard InChI is InChI=1S/C22H28FN3O4S/c1-5-20(22(28)24-3)25(14-17-11-9-16(2)10-12-17)21(27)15-26(31(4,29)30)19-8-6-7-18(23)13-19/h6-13,20H,5,14-15H2,1-4H3,(H,24,28). The highest BCUT2D eigenvalue weighted by Crippen LogP contribution is 2.20. The zero-order valence-corrected chi connectivity index (χ0v) is 18.9. The number of amides is 2. The van der Waals surface area contributed by atoms with Crippen molar-refractivity contribution in [3.63, 3.8) is 0 Å². The van der Waals surface area contributed by atoms with Crippen molar-refractivity contribution in [1.82, 2.24) is 10.2 Å². The van der Waals surface area contributed by atoms with Crippen LogP contribution in [-0.2, 0) is 26.2 Å². The molecule has 0 fully saturated rings. The van der Waals surface area contributed by atoms with E-state index in [-0.39, 0.29) is 18.1 Å². The van der Waals surface area contributed by atoms with E-state index in [1.165, 1.54) is 30.1 Å². The van der Waals surface area contributed by atoms with Crippen LogP contribution in [0.15, 0.2) is 48.5 Å². The van der Waals surface area contributed by atoms with Gasteiger partial charge in [-0.1, -0.05) is 42.8 Å². The van der Waals surface area contributed by atoms with Crippen molar-refractivity contribution in [2.45, 2.75) is 32.9 Å². The Balaban J connectivity index is 2.41. The first-order chi connectivity index (χ1) is 14.6. The molecule has 7 nitrogen and oxygen atoms in total. The topological polar surface area (TPSA) is 86.8 Å². The number of hydrogen-bond donors (Lipinski definition) is 1. The number of nitrogens with one attached hydrogen (secondary N) is 1. The lowest BCUT2D eigenvalue weighted by Gasteiger charge is -2.32. The first-order valence-electron chi connectivity index (χ1n) is 9.86. The number of hydrogen-bond acceptors (Lipinski definition) is 4. The Labute approximate surface area is 182 Å². The Hall–Kier alpha value is -2.94. The van der Waals surface area contributed by atoms with Gasteiger partial charge in [0, 0.05) is 13.6 Å². The predicted molar refractivity (Wildman–Crippen MR) is 118 cm³/mol. The summed E-state index contributed by atoms with van der Waals surface area (Å²) in [5.41, 5.74) is 1.89. The fourth-order valence-corrected chi connectivity index (χ4v) is 4.06. The normalized spacial score (nSPS) is 12.2. The van der Waals surface area contributed by atoms with Crippen LogP contribution in [0.5, 0.6) is 0 Å². The molecule has 0 saturated carbocycles. The van der Waals surface area contributed by atoms with Crippen LogP contribution in [-0.4, -0.2) is 51.0 Å². The molecule has 9 heteroatoms. The quantitative estimate of drug-likeness (QED) is 0.637. The molecule has 1 unspecified atom stereocenters. The van der Waals surface area contributed by atoms with E-state index in [2.05, 4.69) is 5.32 Å². The van der Waals surface area contributed by atoms with Gasteiger partial charge in [0.2, 0.25) is 21.8 Å². The van der Waals surface area contributed by atoms with E-state index in [4.69, 9.17) is 0 Å². The zero-order chi connectivity index (χ0) is 23.2. The van der Waals surface area contributed by atoms with Gasteiger partial charge in [0.25, 0.3) is 0 Å². The molecule has 2 amide bonds.